The summed E-state index contributed by atoms with van der Waals surface area (Å²) in [5, 5.41) is 23.0. The van der Waals surface area contributed by atoms with Gasteiger partial charge in [0, 0.05) is 31.6 Å². The third-order valence-corrected chi connectivity index (χ3v) is 2.54. The lowest BCUT2D eigenvalue weighted by Crippen LogP contribution is -2.38. The molecule has 90 valence electrons. The number of aliphatic hydroxyl groups is 1. The smallest absolute Gasteiger partial charge is 0.332 e. The lowest BCUT2D eigenvalue weighted by molar-refractivity contribution is -0.147. The van der Waals surface area contributed by atoms with E-state index >= 15 is 0 Å². The van der Waals surface area contributed by atoms with Gasteiger partial charge in [0.15, 0.2) is 6.10 Å². The van der Waals surface area contributed by atoms with Crippen LogP contribution in [0.2, 0.25) is 0 Å². The molecule has 1 amide bonds. The van der Waals surface area contributed by atoms with Crippen LogP contribution in [0.5, 0.6) is 0 Å². The van der Waals surface area contributed by atoms with E-state index < -0.39 is 12.1 Å². The van der Waals surface area contributed by atoms with E-state index in [2.05, 4.69) is 10.6 Å². The average Bonchev–Trinajstić information content (AvgIpc) is 2.14. The van der Waals surface area contributed by atoms with E-state index in [1.807, 2.05) is 0 Å². The summed E-state index contributed by atoms with van der Waals surface area (Å²) < 4.78 is 0. The summed E-state index contributed by atoms with van der Waals surface area (Å²) in [6.45, 7) is 3.36. The third-order valence-electron chi connectivity index (χ3n) is 2.54. The minimum atomic E-state index is -1.42. The first-order valence-corrected chi connectivity index (χ1v) is 5.10. The number of rotatable bonds is 5. The fourth-order valence-electron chi connectivity index (χ4n) is 1.25. The molecule has 4 N–H and O–H groups in total. The Balaban J connectivity index is 2.28. The molecule has 0 saturated carbocycles. The molecular weight excluding hydrogens is 212 g/mol. The van der Waals surface area contributed by atoms with E-state index in [0.717, 1.165) is 18.7 Å². The summed E-state index contributed by atoms with van der Waals surface area (Å²) in [4.78, 5) is 21.8. The summed E-state index contributed by atoms with van der Waals surface area (Å²) in [5.41, 5.74) is 1.74. The Kier molecular flexibility index (Phi) is 4.45. The van der Waals surface area contributed by atoms with E-state index in [-0.39, 0.29) is 18.9 Å². The van der Waals surface area contributed by atoms with E-state index in [4.69, 9.17) is 10.2 Å². The van der Waals surface area contributed by atoms with Crippen molar-refractivity contribution in [1.82, 2.24) is 10.6 Å². The number of aliphatic hydroxyl groups excluding tert-OH is 1. The van der Waals surface area contributed by atoms with Gasteiger partial charge < -0.3 is 20.8 Å². The maximum atomic E-state index is 11.5. The Morgan fingerprint density at radius 2 is 2.12 bits per heavy atom. The molecule has 0 spiro atoms. The van der Waals surface area contributed by atoms with Crippen LogP contribution >= 0.6 is 0 Å². The summed E-state index contributed by atoms with van der Waals surface area (Å²) >= 11 is 0. The number of amides is 1. The molecule has 1 heterocycles. The van der Waals surface area contributed by atoms with Gasteiger partial charge in [-0.15, -0.1) is 0 Å². The zero-order valence-electron chi connectivity index (χ0n) is 9.12. The number of carboxylic acid groups (broad SMARTS) is 1. The van der Waals surface area contributed by atoms with E-state index in [1.54, 1.807) is 6.92 Å². The molecule has 6 heteroatoms. The van der Waals surface area contributed by atoms with Crippen LogP contribution in [-0.2, 0) is 9.59 Å². The number of carboxylic acids is 1. The first-order valence-electron chi connectivity index (χ1n) is 5.10. The van der Waals surface area contributed by atoms with Crippen molar-refractivity contribution in [2.75, 3.05) is 19.6 Å². The van der Waals surface area contributed by atoms with Crippen molar-refractivity contribution in [2.24, 2.45) is 0 Å². The van der Waals surface area contributed by atoms with Crippen LogP contribution in [0, 0.1) is 0 Å². The van der Waals surface area contributed by atoms with Gasteiger partial charge in [-0.2, -0.15) is 0 Å². The summed E-state index contributed by atoms with van der Waals surface area (Å²) in [5.74, 6) is -1.47. The van der Waals surface area contributed by atoms with Gasteiger partial charge >= 0.3 is 5.97 Å². The highest BCUT2D eigenvalue weighted by Crippen LogP contribution is 2.08. The second kappa shape index (κ2) is 5.62. The molecule has 1 atom stereocenters. The van der Waals surface area contributed by atoms with Crippen LogP contribution in [-0.4, -0.2) is 47.8 Å². The molecule has 1 aliphatic rings. The fraction of sp³-hybridized carbons (Fsp3) is 0.600. The largest absolute Gasteiger partial charge is 0.479 e. The van der Waals surface area contributed by atoms with Crippen molar-refractivity contribution in [3.63, 3.8) is 0 Å². The average molecular weight is 228 g/mol. The van der Waals surface area contributed by atoms with Gasteiger partial charge in [0.2, 0.25) is 5.91 Å². The molecule has 0 aliphatic carbocycles. The maximum absolute atomic E-state index is 11.5. The number of aliphatic carboxylic acids is 1. The third kappa shape index (κ3) is 3.32. The molecule has 0 bridgehead atoms. The topological polar surface area (TPSA) is 98.7 Å². The predicted octanol–water partition coefficient (Wildman–Crippen LogP) is -1.14. The molecule has 1 aliphatic heterocycles. The van der Waals surface area contributed by atoms with Crippen molar-refractivity contribution < 1.29 is 19.8 Å². The van der Waals surface area contributed by atoms with Crippen LogP contribution in [0.1, 0.15) is 13.3 Å². The van der Waals surface area contributed by atoms with E-state index in [9.17, 15) is 9.59 Å². The molecule has 6 nitrogen and oxygen atoms in total. The minimum absolute atomic E-state index is 0.0158. The second-order valence-corrected chi connectivity index (χ2v) is 3.73. The standard InChI is InChI=1S/C10H16N2O4/c1-6(7-4-11-5-7)9(14)12-3-2-8(13)10(15)16/h8,11,13H,2-5H2,1H3,(H,12,14)(H,15,16)/t8-/m0/s1. The first kappa shape index (κ1) is 12.7. The predicted molar refractivity (Wildman–Crippen MR) is 56.8 cm³/mol. The van der Waals surface area contributed by atoms with Crippen molar-refractivity contribution in [2.45, 2.75) is 19.4 Å². The van der Waals surface area contributed by atoms with Crippen LogP contribution in [0.3, 0.4) is 0 Å². The molecular formula is C10H16N2O4. The van der Waals surface area contributed by atoms with Crippen LogP contribution in [0.4, 0.5) is 0 Å². The molecule has 0 aromatic heterocycles. The Morgan fingerprint density at radius 3 is 2.56 bits per heavy atom. The van der Waals surface area contributed by atoms with Crippen LogP contribution < -0.4 is 10.6 Å². The van der Waals surface area contributed by atoms with E-state index in [1.165, 1.54) is 0 Å². The summed E-state index contributed by atoms with van der Waals surface area (Å²) in [7, 11) is 0. The highest BCUT2D eigenvalue weighted by atomic mass is 16.4. The molecule has 1 rings (SSSR count). The van der Waals surface area contributed by atoms with Crippen LogP contribution in [0.25, 0.3) is 0 Å². The Bertz CT molecular complexity index is 319. The molecule has 0 unspecified atom stereocenters. The molecule has 0 aromatic rings. The zero-order chi connectivity index (χ0) is 12.1. The van der Waals surface area contributed by atoms with Gasteiger partial charge in [-0.25, -0.2) is 4.79 Å². The highest BCUT2D eigenvalue weighted by molar-refractivity contribution is 5.93. The van der Waals surface area contributed by atoms with Crippen molar-refractivity contribution in [1.29, 1.82) is 0 Å². The van der Waals surface area contributed by atoms with Gasteiger partial charge in [-0.3, -0.25) is 4.79 Å². The van der Waals surface area contributed by atoms with Gasteiger partial charge in [0.1, 0.15) is 0 Å². The number of hydrogen-bond acceptors (Lipinski definition) is 4. The van der Waals surface area contributed by atoms with Crippen molar-refractivity contribution in [3.05, 3.63) is 11.1 Å². The summed E-state index contributed by atoms with van der Waals surface area (Å²) in [6.07, 6.45) is -1.40. The van der Waals surface area contributed by atoms with Crippen LogP contribution in [0.15, 0.2) is 11.1 Å². The van der Waals surface area contributed by atoms with Gasteiger partial charge in [-0.1, -0.05) is 0 Å². The van der Waals surface area contributed by atoms with E-state index in [0.29, 0.717) is 5.57 Å². The SMILES string of the molecule is CC(C(=O)NCC[C@H](O)C(=O)O)=C1CNC1. The zero-order valence-corrected chi connectivity index (χ0v) is 9.12. The van der Waals surface area contributed by atoms with Crippen molar-refractivity contribution in [3.8, 4) is 0 Å². The quantitative estimate of drug-likeness (QED) is 0.446. The Hall–Kier alpha value is -1.40. The second-order valence-electron chi connectivity index (χ2n) is 3.73. The van der Waals surface area contributed by atoms with Gasteiger partial charge in [-0.05, 0) is 12.5 Å². The first-order chi connectivity index (χ1) is 7.52. The number of nitrogens with one attached hydrogen (secondary N) is 2. The Labute approximate surface area is 93.3 Å². The molecule has 1 saturated heterocycles. The lowest BCUT2D eigenvalue weighted by Gasteiger charge is -2.21. The van der Waals surface area contributed by atoms with Gasteiger partial charge in [0.05, 0.1) is 0 Å². The van der Waals surface area contributed by atoms with Gasteiger partial charge in [0.25, 0.3) is 0 Å². The number of carbonyl (C=O) groups is 2. The highest BCUT2D eigenvalue weighted by Gasteiger charge is 2.17. The molecule has 0 aromatic carbocycles. The fourth-order valence-corrected chi connectivity index (χ4v) is 1.25. The number of carbonyl (C=O) groups excluding carboxylic acids is 1. The number of hydrogen-bond donors (Lipinski definition) is 4. The maximum Gasteiger partial charge on any atom is 0.332 e. The molecule has 1 fully saturated rings. The Morgan fingerprint density at radius 1 is 1.50 bits per heavy atom. The normalized spacial score (nSPS) is 16.2. The molecule has 16 heavy (non-hydrogen) atoms. The van der Waals surface area contributed by atoms with Crippen molar-refractivity contribution >= 4 is 11.9 Å². The minimum Gasteiger partial charge on any atom is -0.479 e. The summed E-state index contributed by atoms with van der Waals surface area (Å²) in [6, 6.07) is 0. The molecule has 0 radical (unpaired) electrons. The monoisotopic (exact) mass is 228 g/mol. The lowest BCUT2D eigenvalue weighted by atomic mass is 10.0.